The van der Waals surface area contributed by atoms with Crippen LogP contribution < -0.4 is 10.6 Å². The summed E-state index contributed by atoms with van der Waals surface area (Å²) < 4.78 is 5.52. The summed E-state index contributed by atoms with van der Waals surface area (Å²) in [7, 11) is 0. The molecule has 0 bridgehead atoms. The molecular weight excluding hydrogens is 410 g/mol. The van der Waals surface area contributed by atoms with Crippen LogP contribution in [0.4, 0.5) is 5.82 Å². The average molecular weight is 440 g/mol. The maximum absolute atomic E-state index is 9.63. The van der Waals surface area contributed by atoms with Gasteiger partial charge in [0.2, 0.25) is 0 Å². The Hall–Kier alpha value is -3.27. The second-order valence-electron chi connectivity index (χ2n) is 8.95. The van der Waals surface area contributed by atoms with E-state index < -0.39 is 0 Å². The third kappa shape index (κ3) is 4.22. The van der Waals surface area contributed by atoms with Gasteiger partial charge in [0, 0.05) is 24.6 Å². The molecule has 0 unspecified atom stereocenters. The normalized spacial score (nSPS) is 16.9. The molecular formula is C27H29N5O. The van der Waals surface area contributed by atoms with Gasteiger partial charge in [0.05, 0.1) is 30.5 Å². The molecule has 2 fully saturated rings. The zero-order chi connectivity index (χ0) is 22.8. The molecule has 1 aliphatic heterocycles. The number of hydrogen-bond donors (Lipinski definition) is 1. The van der Waals surface area contributed by atoms with Gasteiger partial charge in [-0.05, 0) is 67.1 Å². The third-order valence-corrected chi connectivity index (χ3v) is 6.76. The smallest absolute Gasteiger partial charge is 0.132 e. The molecule has 6 nitrogen and oxygen atoms in total. The van der Waals surface area contributed by atoms with Gasteiger partial charge < -0.3 is 15.4 Å². The number of nitriles is 1. The van der Waals surface area contributed by atoms with E-state index >= 15 is 0 Å². The Kier molecular flexibility index (Phi) is 5.84. The summed E-state index contributed by atoms with van der Waals surface area (Å²) in [6.07, 6.45) is 2.90. The summed E-state index contributed by atoms with van der Waals surface area (Å²) >= 11 is 0. The number of nitrogens with zero attached hydrogens (tertiary/aromatic N) is 4. The van der Waals surface area contributed by atoms with Gasteiger partial charge in [0.1, 0.15) is 11.6 Å². The highest BCUT2D eigenvalue weighted by atomic mass is 16.5. The van der Waals surface area contributed by atoms with Gasteiger partial charge in [-0.15, -0.1) is 0 Å². The number of rotatable bonds is 6. The van der Waals surface area contributed by atoms with Crippen molar-refractivity contribution in [3.63, 3.8) is 0 Å². The molecule has 1 aliphatic carbocycles. The van der Waals surface area contributed by atoms with Gasteiger partial charge in [-0.3, -0.25) is 0 Å². The van der Waals surface area contributed by atoms with Crippen molar-refractivity contribution >= 4 is 5.82 Å². The Balaban J connectivity index is 1.59. The van der Waals surface area contributed by atoms with E-state index in [0.717, 1.165) is 74.0 Å². The van der Waals surface area contributed by atoms with Crippen molar-refractivity contribution < 1.29 is 4.74 Å². The van der Waals surface area contributed by atoms with E-state index in [9.17, 15) is 5.26 Å². The minimum absolute atomic E-state index is 0.188. The SMILES string of the molecule is Cc1nc(N2CCOCC2)cc(C2(c3cc(C#N)ccc3-c3ccc(CCN)cc3)CC2)n1. The van der Waals surface area contributed by atoms with Gasteiger partial charge >= 0.3 is 0 Å². The van der Waals surface area contributed by atoms with Crippen LogP contribution in [0, 0.1) is 18.3 Å². The molecule has 1 saturated heterocycles. The number of anilines is 1. The molecule has 2 heterocycles. The summed E-state index contributed by atoms with van der Waals surface area (Å²) in [5.41, 5.74) is 12.0. The van der Waals surface area contributed by atoms with Crippen molar-refractivity contribution in [2.24, 2.45) is 5.73 Å². The number of nitrogens with two attached hydrogens (primary N) is 1. The maximum atomic E-state index is 9.63. The van der Waals surface area contributed by atoms with Crippen LogP contribution in [0.1, 0.15) is 41.1 Å². The first-order chi connectivity index (χ1) is 16.1. The van der Waals surface area contributed by atoms with Crippen LogP contribution in [-0.4, -0.2) is 42.8 Å². The third-order valence-electron chi connectivity index (χ3n) is 6.76. The lowest BCUT2D eigenvalue weighted by atomic mass is 9.84. The molecule has 33 heavy (non-hydrogen) atoms. The van der Waals surface area contributed by atoms with Crippen LogP contribution in [0.15, 0.2) is 48.5 Å². The quantitative estimate of drug-likeness (QED) is 0.629. The highest BCUT2D eigenvalue weighted by molar-refractivity contribution is 5.72. The number of ether oxygens (including phenoxy) is 1. The van der Waals surface area contributed by atoms with Crippen LogP contribution >= 0.6 is 0 Å². The Morgan fingerprint density at radius 3 is 2.48 bits per heavy atom. The predicted octanol–water partition coefficient (Wildman–Crippen LogP) is 3.74. The summed E-state index contributed by atoms with van der Waals surface area (Å²) in [4.78, 5) is 11.9. The first-order valence-electron chi connectivity index (χ1n) is 11.7. The van der Waals surface area contributed by atoms with Gasteiger partial charge in [-0.1, -0.05) is 30.3 Å². The summed E-state index contributed by atoms with van der Waals surface area (Å²) in [5, 5.41) is 9.63. The maximum Gasteiger partial charge on any atom is 0.132 e. The lowest BCUT2D eigenvalue weighted by Crippen LogP contribution is -2.37. The molecule has 5 rings (SSSR count). The van der Waals surface area contributed by atoms with Crippen molar-refractivity contribution in [1.82, 2.24) is 9.97 Å². The van der Waals surface area contributed by atoms with Crippen LogP contribution in [0.5, 0.6) is 0 Å². The molecule has 0 atom stereocenters. The molecule has 0 spiro atoms. The van der Waals surface area contributed by atoms with E-state index in [1.54, 1.807) is 0 Å². The van der Waals surface area contributed by atoms with E-state index in [4.69, 9.17) is 20.4 Å². The highest BCUT2D eigenvalue weighted by Crippen LogP contribution is 2.55. The predicted molar refractivity (Wildman–Crippen MR) is 129 cm³/mol. The number of aryl methyl sites for hydroxylation is 1. The molecule has 0 amide bonds. The van der Waals surface area contributed by atoms with Crippen molar-refractivity contribution in [2.75, 3.05) is 37.7 Å². The average Bonchev–Trinajstić information content (AvgIpc) is 3.67. The Morgan fingerprint density at radius 2 is 1.82 bits per heavy atom. The molecule has 1 aromatic heterocycles. The molecule has 0 radical (unpaired) electrons. The fourth-order valence-corrected chi connectivity index (χ4v) is 4.82. The molecule has 2 N–H and O–H groups in total. The number of benzene rings is 2. The first kappa shape index (κ1) is 21.6. The summed E-state index contributed by atoms with van der Waals surface area (Å²) in [6.45, 7) is 5.73. The molecule has 1 saturated carbocycles. The van der Waals surface area contributed by atoms with Crippen molar-refractivity contribution in [2.45, 2.75) is 31.6 Å². The van der Waals surface area contributed by atoms with Crippen molar-refractivity contribution in [1.29, 1.82) is 5.26 Å². The van der Waals surface area contributed by atoms with E-state index in [0.29, 0.717) is 12.1 Å². The molecule has 3 aromatic rings. The molecule has 2 aromatic carbocycles. The second kappa shape index (κ2) is 8.93. The van der Waals surface area contributed by atoms with Crippen molar-refractivity contribution in [3.8, 4) is 17.2 Å². The Labute approximate surface area is 195 Å². The number of hydrogen-bond acceptors (Lipinski definition) is 6. The Bertz CT molecular complexity index is 1190. The van der Waals surface area contributed by atoms with Crippen LogP contribution in [0.25, 0.3) is 11.1 Å². The topological polar surface area (TPSA) is 88.1 Å². The van der Waals surface area contributed by atoms with Crippen LogP contribution in [-0.2, 0) is 16.6 Å². The van der Waals surface area contributed by atoms with Gasteiger partial charge in [-0.25, -0.2) is 9.97 Å². The highest BCUT2D eigenvalue weighted by Gasteiger charge is 2.49. The standard InChI is InChI=1S/C27H29N5O/c1-19-30-25(17-26(31-19)32-12-14-33-15-13-32)27(9-10-27)24-16-21(18-29)4-7-23(24)22-5-2-20(3-6-22)8-11-28/h2-7,16-17H,8-15,28H2,1H3. The zero-order valence-electron chi connectivity index (χ0n) is 19.1. The second-order valence-corrected chi connectivity index (χ2v) is 8.95. The van der Waals surface area contributed by atoms with E-state index in [-0.39, 0.29) is 5.41 Å². The van der Waals surface area contributed by atoms with Crippen LogP contribution in [0.2, 0.25) is 0 Å². The van der Waals surface area contributed by atoms with E-state index in [1.807, 2.05) is 13.0 Å². The Morgan fingerprint density at radius 1 is 1.06 bits per heavy atom. The number of aromatic nitrogens is 2. The monoisotopic (exact) mass is 439 g/mol. The fourth-order valence-electron chi connectivity index (χ4n) is 4.82. The van der Waals surface area contributed by atoms with Crippen molar-refractivity contribution in [3.05, 3.63) is 76.7 Å². The van der Waals surface area contributed by atoms with Gasteiger partial charge in [0.15, 0.2) is 0 Å². The van der Waals surface area contributed by atoms with Gasteiger partial charge in [-0.2, -0.15) is 5.26 Å². The van der Waals surface area contributed by atoms with E-state index in [2.05, 4.69) is 53.4 Å². The van der Waals surface area contributed by atoms with E-state index in [1.165, 1.54) is 11.1 Å². The van der Waals surface area contributed by atoms with Crippen LogP contribution in [0.3, 0.4) is 0 Å². The fraction of sp³-hybridized carbons (Fsp3) is 0.370. The minimum Gasteiger partial charge on any atom is -0.378 e. The largest absolute Gasteiger partial charge is 0.378 e. The molecule has 168 valence electrons. The van der Waals surface area contributed by atoms with Gasteiger partial charge in [0.25, 0.3) is 0 Å². The molecule has 6 heteroatoms. The lowest BCUT2D eigenvalue weighted by molar-refractivity contribution is 0.122. The minimum atomic E-state index is -0.188. The lowest BCUT2D eigenvalue weighted by Gasteiger charge is -2.29. The number of morpholine rings is 1. The zero-order valence-corrected chi connectivity index (χ0v) is 19.1. The summed E-state index contributed by atoms with van der Waals surface area (Å²) in [6, 6.07) is 19.2. The molecule has 2 aliphatic rings. The first-order valence-corrected chi connectivity index (χ1v) is 11.7. The summed E-state index contributed by atoms with van der Waals surface area (Å²) in [5.74, 6) is 1.75.